The van der Waals surface area contributed by atoms with Crippen LogP contribution in [0, 0.1) is 0 Å². The lowest BCUT2D eigenvalue weighted by Crippen LogP contribution is -2.24. The van der Waals surface area contributed by atoms with Crippen molar-refractivity contribution in [1.29, 1.82) is 0 Å². The Balaban J connectivity index is 2.07. The second-order valence-corrected chi connectivity index (χ2v) is 8.23. The van der Waals surface area contributed by atoms with Gasteiger partial charge >= 0.3 is 9.28 Å². The highest BCUT2D eigenvalue weighted by molar-refractivity contribution is 6.44. The summed E-state index contributed by atoms with van der Waals surface area (Å²) in [7, 11) is -1.57. The van der Waals surface area contributed by atoms with E-state index in [1.165, 1.54) is 11.1 Å². The van der Waals surface area contributed by atoms with E-state index in [-0.39, 0.29) is 0 Å². The van der Waals surface area contributed by atoms with E-state index in [1.807, 2.05) is 0 Å². The quantitative estimate of drug-likeness (QED) is 0.517. The molecule has 130 valence electrons. The van der Waals surface area contributed by atoms with Crippen LogP contribution in [0.15, 0.2) is 60.7 Å². The first kappa shape index (κ1) is 18.9. The zero-order valence-corrected chi connectivity index (χ0v) is 16.1. The van der Waals surface area contributed by atoms with Crippen molar-refractivity contribution in [3.05, 3.63) is 71.8 Å². The Morgan fingerprint density at radius 3 is 1.62 bits per heavy atom. The SMILES string of the molecule is CCCO[SiH](CCC(c1ccccc1)c1ccccc1)OCCC. The van der Waals surface area contributed by atoms with E-state index >= 15 is 0 Å². The molecule has 0 saturated heterocycles. The van der Waals surface area contributed by atoms with Crippen LogP contribution in [0.3, 0.4) is 0 Å². The fraction of sp³-hybridized carbons (Fsp3) is 0.429. The molecule has 0 fully saturated rings. The average molecular weight is 343 g/mol. The summed E-state index contributed by atoms with van der Waals surface area (Å²) in [5.74, 6) is 0.415. The summed E-state index contributed by atoms with van der Waals surface area (Å²) in [5, 5.41) is 0. The fourth-order valence-electron chi connectivity index (χ4n) is 2.91. The highest BCUT2D eigenvalue weighted by Gasteiger charge is 2.19. The van der Waals surface area contributed by atoms with Crippen molar-refractivity contribution in [2.75, 3.05) is 13.2 Å². The molecule has 0 saturated carbocycles. The van der Waals surface area contributed by atoms with E-state index in [1.54, 1.807) is 0 Å². The van der Waals surface area contributed by atoms with Crippen LogP contribution in [0.1, 0.15) is 50.2 Å². The van der Waals surface area contributed by atoms with Crippen LogP contribution in [0.5, 0.6) is 0 Å². The van der Waals surface area contributed by atoms with Crippen molar-refractivity contribution in [2.24, 2.45) is 0 Å². The number of benzene rings is 2. The summed E-state index contributed by atoms with van der Waals surface area (Å²) < 4.78 is 12.1. The molecular formula is C21H30O2Si. The lowest BCUT2D eigenvalue weighted by Gasteiger charge is -2.21. The molecule has 2 rings (SSSR count). The minimum Gasteiger partial charge on any atom is -0.397 e. The molecule has 0 aromatic heterocycles. The molecule has 0 aliphatic heterocycles. The van der Waals surface area contributed by atoms with E-state index in [0.29, 0.717) is 5.92 Å². The topological polar surface area (TPSA) is 18.5 Å². The van der Waals surface area contributed by atoms with Gasteiger partial charge in [0.15, 0.2) is 0 Å². The maximum absolute atomic E-state index is 6.03. The Kier molecular flexibility index (Phi) is 8.81. The maximum Gasteiger partial charge on any atom is 0.321 e. The minimum absolute atomic E-state index is 0.415. The standard InChI is InChI=1S/C21H30O2Si/c1-3-16-22-24(23-17-4-2)18-15-21(19-11-7-5-8-12-19)20-13-9-6-10-14-20/h5-14,21,24H,3-4,15-18H2,1-2H3. The van der Waals surface area contributed by atoms with Crippen molar-refractivity contribution >= 4 is 9.28 Å². The summed E-state index contributed by atoms with van der Waals surface area (Å²) >= 11 is 0. The first-order valence-corrected chi connectivity index (χ1v) is 10.9. The van der Waals surface area contributed by atoms with E-state index in [0.717, 1.165) is 38.5 Å². The summed E-state index contributed by atoms with van der Waals surface area (Å²) in [6.45, 7) is 5.95. The molecule has 2 aromatic rings. The van der Waals surface area contributed by atoms with Crippen LogP contribution in [0.25, 0.3) is 0 Å². The molecule has 0 unspecified atom stereocenters. The molecule has 0 N–H and O–H groups in total. The number of hydrogen-bond donors (Lipinski definition) is 0. The molecule has 0 heterocycles. The summed E-state index contributed by atoms with van der Waals surface area (Å²) in [5.41, 5.74) is 2.75. The predicted molar refractivity (Wildman–Crippen MR) is 104 cm³/mol. The van der Waals surface area contributed by atoms with Gasteiger partial charge in [0.25, 0.3) is 0 Å². The molecule has 0 bridgehead atoms. The average Bonchev–Trinajstić information content (AvgIpc) is 2.65. The van der Waals surface area contributed by atoms with Crippen molar-refractivity contribution in [2.45, 2.75) is 45.1 Å². The third-order valence-electron chi connectivity index (χ3n) is 4.11. The van der Waals surface area contributed by atoms with Gasteiger partial charge in [-0.3, -0.25) is 0 Å². The van der Waals surface area contributed by atoms with Crippen LogP contribution < -0.4 is 0 Å². The predicted octanol–water partition coefficient (Wildman–Crippen LogP) is 5.28. The maximum atomic E-state index is 6.03. The summed E-state index contributed by atoms with van der Waals surface area (Å²) in [6.07, 6.45) is 3.19. The molecule has 2 aromatic carbocycles. The molecular weight excluding hydrogens is 312 g/mol. The first-order valence-electron chi connectivity index (χ1n) is 9.18. The third-order valence-corrected chi connectivity index (χ3v) is 6.13. The zero-order chi connectivity index (χ0) is 17.0. The second-order valence-electron chi connectivity index (χ2n) is 6.12. The van der Waals surface area contributed by atoms with Crippen LogP contribution in [-0.2, 0) is 8.85 Å². The Bertz CT molecular complexity index is 497. The highest BCUT2D eigenvalue weighted by atomic mass is 28.3. The second kappa shape index (κ2) is 11.2. The zero-order valence-electron chi connectivity index (χ0n) is 15.0. The summed E-state index contributed by atoms with van der Waals surface area (Å²) in [4.78, 5) is 0. The Hall–Kier alpha value is -1.42. The Morgan fingerprint density at radius 2 is 1.21 bits per heavy atom. The molecule has 0 aliphatic carbocycles. The molecule has 0 spiro atoms. The van der Waals surface area contributed by atoms with Crippen molar-refractivity contribution in [1.82, 2.24) is 0 Å². The molecule has 0 atom stereocenters. The van der Waals surface area contributed by atoms with Gasteiger partial charge in [-0.1, -0.05) is 74.5 Å². The van der Waals surface area contributed by atoms with E-state index in [4.69, 9.17) is 8.85 Å². The van der Waals surface area contributed by atoms with Gasteiger partial charge in [-0.05, 0) is 36.4 Å². The van der Waals surface area contributed by atoms with Gasteiger partial charge in [0.1, 0.15) is 0 Å². The van der Waals surface area contributed by atoms with E-state index in [2.05, 4.69) is 74.5 Å². The van der Waals surface area contributed by atoms with Gasteiger partial charge < -0.3 is 8.85 Å². The van der Waals surface area contributed by atoms with Gasteiger partial charge in [0.2, 0.25) is 0 Å². The van der Waals surface area contributed by atoms with E-state index in [9.17, 15) is 0 Å². The van der Waals surface area contributed by atoms with Gasteiger partial charge in [0.05, 0.1) is 0 Å². The van der Waals surface area contributed by atoms with Crippen LogP contribution in [-0.4, -0.2) is 22.5 Å². The minimum atomic E-state index is -1.57. The Morgan fingerprint density at radius 1 is 0.750 bits per heavy atom. The third kappa shape index (κ3) is 6.23. The van der Waals surface area contributed by atoms with Crippen molar-refractivity contribution in [3.63, 3.8) is 0 Å². The largest absolute Gasteiger partial charge is 0.397 e. The Labute approximate surface area is 148 Å². The van der Waals surface area contributed by atoms with Crippen LogP contribution >= 0.6 is 0 Å². The number of rotatable bonds is 11. The van der Waals surface area contributed by atoms with Crippen molar-refractivity contribution < 1.29 is 8.85 Å². The van der Waals surface area contributed by atoms with Gasteiger partial charge in [-0.15, -0.1) is 0 Å². The molecule has 0 aliphatic rings. The summed E-state index contributed by atoms with van der Waals surface area (Å²) in [6, 6.07) is 22.6. The molecule has 0 radical (unpaired) electrons. The molecule has 24 heavy (non-hydrogen) atoms. The van der Waals surface area contributed by atoms with Crippen LogP contribution in [0.2, 0.25) is 6.04 Å². The lowest BCUT2D eigenvalue weighted by molar-refractivity contribution is 0.195. The molecule has 0 amide bonds. The van der Waals surface area contributed by atoms with Crippen LogP contribution in [0.4, 0.5) is 0 Å². The fourth-order valence-corrected chi connectivity index (χ4v) is 4.94. The first-order chi connectivity index (χ1) is 11.8. The van der Waals surface area contributed by atoms with Crippen molar-refractivity contribution in [3.8, 4) is 0 Å². The van der Waals surface area contributed by atoms with Gasteiger partial charge in [0, 0.05) is 19.1 Å². The highest BCUT2D eigenvalue weighted by Crippen LogP contribution is 2.30. The molecule has 3 heteroatoms. The molecule has 2 nitrogen and oxygen atoms in total. The normalized spacial score (nSPS) is 11.3. The monoisotopic (exact) mass is 342 g/mol. The van der Waals surface area contributed by atoms with Gasteiger partial charge in [-0.2, -0.15) is 0 Å². The van der Waals surface area contributed by atoms with E-state index < -0.39 is 9.28 Å². The smallest absolute Gasteiger partial charge is 0.321 e. The lowest BCUT2D eigenvalue weighted by atomic mass is 9.89. The van der Waals surface area contributed by atoms with Gasteiger partial charge in [-0.25, -0.2) is 0 Å². The number of hydrogen-bond acceptors (Lipinski definition) is 2.